The predicted octanol–water partition coefficient (Wildman–Crippen LogP) is 1.90. The van der Waals surface area contributed by atoms with Crippen molar-refractivity contribution >= 4 is 33.2 Å². The highest BCUT2D eigenvalue weighted by Crippen LogP contribution is 2.58. The molecule has 244 valence electrons. The summed E-state index contributed by atoms with van der Waals surface area (Å²) in [7, 11) is -9.06. The Labute approximate surface area is 262 Å². The molecule has 1 saturated heterocycles. The van der Waals surface area contributed by atoms with Gasteiger partial charge in [-0.25, -0.2) is 4.98 Å². The van der Waals surface area contributed by atoms with Crippen molar-refractivity contribution in [2.75, 3.05) is 23.1 Å². The number of nitrogens with zero attached hydrogens (tertiary/aromatic N) is 5. The lowest BCUT2D eigenvalue weighted by molar-refractivity contribution is -0.0149. The SMILES string of the molecule is Cc1c(N(/C=N/Cc2ccc(-c3ccccc3)cc2)C2OC(COP(=O)(O)CP(=O)(O)n3ccnc3)[C@H](O)[C@@H]2O)nc(N)[nH]c1=O. The molecule has 7 N–H and O–H groups in total. The topological polar surface area (TPSA) is 239 Å². The van der Waals surface area contributed by atoms with Crippen LogP contribution in [0.2, 0.25) is 0 Å². The standard InChI is InChI=1S/C28H33N7O9P2/c1-18-25(32-28(29)33-26(18)38)35(16-31-13-19-7-9-21(10-8-19)20-5-3-2-4-6-20)27-24(37)23(36)22(44-27)14-43-46(41,42)17-45(39,40)34-12-11-30-15-34/h2-12,15-16,22-24,27,36-37H,13-14,17H2,1H3,(H,39,40)(H,41,42)(H3,29,32,33,38)/b31-16+/t22?,23-,24-,27?/m0/s1. The number of rotatable bonds is 12. The second-order valence-corrected chi connectivity index (χ2v) is 15.0. The first kappa shape index (κ1) is 33.4. The van der Waals surface area contributed by atoms with Gasteiger partial charge in [0.05, 0.1) is 25.1 Å². The number of ether oxygens (including phenoxy) is 1. The largest absolute Gasteiger partial charge is 0.387 e. The zero-order valence-corrected chi connectivity index (χ0v) is 26.3. The van der Waals surface area contributed by atoms with E-state index in [-0.39, 0.29) is 23.9 Å². The fraction of sp³-hybridized carbons (Fsp3) is 0.286. The summed E-state index contributed by atoms with van der Waals surface area (Å²) in [5.41, 5.74) is 8.28. The highest BCUT2D eigenvalue weighted by atomic mass is 31.2. The molecule has 0 amide bonds. The van der Waals surface area contributed by atoms with Crippen LogP contribution in [0.3, 0.4) is 0 Å². The molecule has 2 aromatic heterocycles. The van der Waals surface area contributed by atoms with Crippen molar-refractivity contribution in [1.82, 2.24) is 19.3 Å². The molecule has 46 heavy (non-hydrogen) atoms. The molecule has 1 fully saturated rings. The average Bonchev–Trinajstić information content (AvgIpc) is 3.67. The van der Waals surface area contributed by atoms with Crippen LogP contribution in [0.15, 0.2) is 83.1 Å². The van der Waals surface area contributed by atoms with E-state index in [0.717, 1.165) is 27.4 Å². The zero-order valence-electron chi connectivity index (χ0n) is 24.5. The molecule has 4 aromatic rings. The Kier molecular flexibility index (Phi) is 10.0. The van der Waals surface area contributed by atoms with Gasteiger partial charge in [-0.3, -0.25) is 33.1 Å². The quantitative estimate of drug-likeness (QED) is 0.0717. The van der Waals surface area contributed by atoms with E-state index in [0.29, 0.717) is 0 Å². The van der Waals surface area contributed by atoms with Crippen LogP contribution in [-0.2, 0) is 24.9 Å². The molecule has 1 aliphatic rings. The van der Waals surface area contributed by atoms with E-state index < -0.39 is 57.7 Å². The summed E-state index contributed by atoms with van der Waals surface area (Å²) in [6.45, 7) is 0.930. The number of anilines is 2. The van der Waals surface area contributed by atoms with E-state index >= 15 is 0 Å². The number of aliphatic hydroxyl groups excluding tert-OH is 2. The van der Waals surface area contributed by atoms with Gasteiger partial charge in [-0.2, -0.15) is 4.98 Å². The highest BCUT2D eigenvalue weighted by Gasteiger charge is 2.47. The summed E-state index contributed by atoms with van der Waals surface area (Å²) < 4.78 is 36.9. The maximum atomic E-state index is 12.7. The minimum atomic E-state index is -4.70. The van der Waals surface area contributed by atoms with Crippen LogP contribution >= 0.6 is 15.1 Å². The van der Waals surface area contributed by atoms with Crippen molar-refractivity contribution in [2.45, 2.75) is 38.0 Å². The smallest absolute Gasteiger partial charge is 0.339 e. The molecule has 4 unspecified atom stereocenters. The molecule has 3 heterocycles. The first-order chi connectivity index (χ1) is 21.8. The van der Waals surface area contributed by atoms with E-state index in [9.17, 15) is 33.9 Å². The third-order valence-corrected chi connectivity index (χ3v) is 11.6. The van der Waals surface area contributed by atoms with Gasteiger partial charge in [0.25, 0.3) is 5.56 Å². The van der Waals surface area contributed by atoms with Crippen LogP contribution in [0, 0.1) is 6.92 Å². The van der Waals surface area contributed by atoms with Crippen LogP contribution in [0.25, 0.3) is 11.1 Å². The molecule has 0 aliphatic carbocycles. The number of H-pyrrole nitrogens is 1. The van der Waals surface area contributed by atoms with Gasteiger partial charge in [0.1, 0.15) is 36.4 Å². The molecule has 6 atom stereocenters. The first-order valence-corrected chi connectivity index (χ1v) is 17.5. The molecule has 18 heteroatoms. The van der Waals surface area contributed by atoms with Gasteiger partial charge in [0.15, 0.2) is 6.23 Å². The van der Waals surface area contributed by atoms with E-state index in [1.165, 1.54) is 30.6 Å². The van der Waals surface area contributed by atoms with Gasteiger partial charge in [0.2, 0.25) is 5.95 Å². The fourth-order valence-electron chi connectivity index (χ4n) is 4.77. The Morgan fingerprint density at radius 1 is 1.11 bits per heavy atom. The number of hydrogen-bond acceptors (Lipinski definition) is 11. The minimum Gasteiger partial charge on any atom is -0.387 e. The Morgan fingerprint density at radius 3 is 2.48 bits per heavy atom. The normalized spacial score (nSPS) is 22.5. The van der Waals surface area contributed by atoms with Gasteiger partial charge < -0.3 is 35.0 Å². The Balaban J connectivity index is 1.33. The molecule has 1 aliphatic heterocycles. The van der Waals surface area contributed by atoms with Crippen molar-refractivity contribution < 1.29 is 38.4 Å². The number of nitrogens with one attached hydrogen (secondary N) is 1. The summed E-state index contributed by atoms with van der Waals surface area (Å²) in [6, 6.07) is 17.6. The van der Waals surface area contributed by atoms with Gasteiger partial charge in [-0.15, -0.1) is 0 Å². The highest BCUT2D eigenvalue weighted by molar-refractivity contribution is 7.72. The van der Waals surface area contributed by atoms with Crippen LogP contribution in [0.5, 0.6) is 0 Å². The number of aromatic amines is 1. The van der Waals surface area contributed by atoms with Crippen molar-refractivity contribution in [3.05, 3.63) is 94.8 Å². The van der Waals surface area contributed by atoms with Gasteiger partial charge in [0, 0.05) is 12.4 Å². The van der Waals surface area contributed by atoms with Crippen molar-refractivity contribution in [2.24, 2.45) is 4.99 Å². The Morgan fingerprint density at radius 2 is 1.80 bits per heavy atom. The zero-order chi connectivity index (χ0) is 33.1. The van der Waals surface area contributed by atoms with E-state index in [1.54, 1.807) is 0 Å². The second-order valence-electron chi connectivity index (χ2n) is 10.6. The van der Waals surface area contributed by atoms with Crippen molar-refractivity contribution in [1.29, 1.82) is 0 Å². The molecule has 2 aromatic carbocycles. The van der Waals surface area contributed by atoms with E-state index in [2.05, 4.69) is 19.9 Å². The molecular formula is C28H33N7O9P2. The number of imidazole rings is 1. The number of hydrogen-bond donors (Lipinski definition) is 6. The molecular weight excluding hydrogens is 640 g/mol. The summed E-state index contributed by atoms with van der Waals surface area (Å²) >= 11 is 0. The lowest BCUT2D eigenvalue weighted by Crippen LogP contribution is -2.45. The summed E-state index contributed by atoms with van der Waals surface area (Å²) in [6.07, 6.45) is -1.33. The lowest BCUT2D eigenvalue weighted by Gasteiger charge is -2.28. The minimum absolute atomic E-state index is 0.0170. The Hall–Kier alpha value is -3.98. The van der Waals surface area contributed by atoms with Crippen molar-refractivity contribution in [3.8, 4) is 11.1 Å². The number of benzene rings is 2. The van der Waals surface area contributed by atoms with E-state index in [1.807, 2.05) is 54.6 Å². The Bertz CT molecular complexity index is 1820. The van der Waals surface area contributed by atoms with Crippen LogP contribution in [0.4, 0.5) is 11.8 Å². The molecule has 0 bridgehead atoms. The molecule has 16 nitrogen and oxygen atoms in total. The lowest BCUT2D eigenvalue weighted by atomic mass is 10.0. The van der Waals surface area contributed by atoms with Gasteiger partial charge >= 0.3 is 15.1 Å². The number of aliphatic hydroxyl groups is 2. The first-order valence-electron chi connectivity index (χ1n) is 13.9. The third kappa shape index (κ3) is 7.69. The molecule has 0 saturated carbocycles. The van der Waals surface area contributed by atoms with Gasteiger partial charge in [-0.05, 0) is 23.6 Å². The van der Waals surface area contributed by atoms with Crippen LogP contribution in [0.1, 0.15) is 11.1 Å². The molecule has 5 rings (SSSR count). The van der Waals surface area contributed by atoms with E-state index in [4.69, 9.17) is 15.0 Å². The number of aromatic nitrogens is 4. The maximum Gasteiger partial charge on any atom is 0.339 e. The molecule has 0 spiro atoms. The summed E-state index contributed by atoms with van der Waals surface area (Å²) in [5.74, 6) is -1.37. The summed E-state index contributed by atoms with van der Waals surface area (Å²) in [5, 5.41) is 21.8. The number of aliphatic imine (C=N–C) groups is 1. The molecule has 0 radical (unpaired) electrons. The number of nitrogens with two attached hydrogens (primary N) is 1. The average molecular weight is 674 g/mol. The van der Waals surface area contributed by atoms with Crippen LogP contribution in [-0.4, -0.2) is 82.7 Å². The number of nitrogen functional groups attached to an aromatic ring is 1. The fourth-order valence-corrected chi connectivity index (χ4v) is 8.41. The van der Waals surface area contributed by atoms with Crippen molar-refractivity contribution in [3.63, 3.8) is 0 Å². The van der Waals surface area contributed by atoms with Gasteiger partial charge in [-0.1, -0.05) is 54.6 Å². The van der Waals surface area contributed by atoms with Crippen LogP contribution < -0.4 is 16.2 Å². The third-order valence-electron chi connectivity index (χ3n) is 7.20. The predicted molar refractivity (Wildman–Crippen MR) is 169 cm³/mol. The second kappa shape index (κ2) is 13.8. The summed E-state index contributed by atoms with van der Waals surface area (Å²) in [4.78, 5) is 48.9. The maximum absolute atomic E-state index is 12.7. The monoisotopic (exact) mass is 673 g/mol.